The Morgan fingerprint density at radius 2 is 1.69 bits per heavy atom. The molecule has 1 aromatic rings. The van der Waals surface area contributed by atoms with Crippen molar-refractivity contribution in [1.82, 2.24) is 4.13 Å². The molecule has 0 unspecified atom stereocenters. The zero-order valence-electron chi connectivity index (χ0n) is 8.76. The van der Waals surface area contributed by atoms with Gasteiger partial charge in [-0.15, -0.1) is 0 Å². The summed E-state index contributed by atoms with van der Waals surface area (Å²) >= 11 is 0. The number of rotatable bonds is 3. The van der Waals surface area contributed by atoms with Crippen molar-refractivity contribution in [3.63, 3.8) is 0 Å². The molecule has 0 aliphatic heterocycles. The van der Waals surface area contributed by atoms with Crippen LogP contribution >= 0.6 is 0 Å². The molecule has 3 N–H and O–H groups in total. The molecule has 0 aliphatic carbocycles. The van der Waals surface area contributed by atoms with Crippen molar-refractivity contribution in [3.05, 3.63) is 29.3 Å². The highest BCUT2D eigenvalue weighted by Crippen LogP contribution is 2.17. The zero-order chi connectivity index (χ0) is 12.6. The first kappa shape index (κ1) is 13.1. The Labute approximate surface area is 94.7 Å². The lowest BCUT2D eigenvalue weighted by Crippen LogP contribution is -2.36. The van der Waals surface area contributed by atoms with Crippen LogP contribution in [0.3, 0.4) is 0 Å². The van der Waals surface area contributed by atoms with E-state index in [9.17, 15) is 16.8 Å². The molecule has 0 amide bonds. The molecule has 0 spiro atoms. The monoisotopic (exact) mass is 264 g/mol. The van der Waals surface area contributed by atoms with Crippen LogP contribution in [0.15, 0.2) is 23.1 Å². The SMILES string of the molecule is Cc1cccc(S(=O)(=O)NS(N)(=O)=O)c1C. The Bertz CT molecular complexity index is 605. The molecule has 16 heavy (non-hydrogen) atoms. The Hall–Kier alpha value is -0.960. The van der Waals surface area contributed by atoms with Gasteiger partial charge in [-0.25, -0.2) is 13.6 Å². The van der Waals surface area contributed by atoms with Crippen molar-refractivity contribution in [1.29, 1.82) is 0 Å². The molecule has 0 heterocycles. The molecule has 6 nitrogen and oxygen atoms in total. The molecule has 0 fully saturated rings. The molecule has 0 aliphatic rings. The maximum Gasteiger partial charge on any atom is 0.287 e. The van der Waals surface area contributed by atoms with Crippen LogP contribution in [0.5, 0.6) is 0 Å². The summed E-state index contributed by atoms with van der Waals surface area (Å²) in [7, 11) is -8.43. The van der Waals surface area contributed by atoms with E-state index in [0.717, 1.165) is 5.56 Å². The molecule has 0 atom stereocenters. The highest BCUT2D eigenvalue weighted by atomic mass is 32.3. The first-order valence-electron chi connectivity index (χ1n) is 4.26. The lowest BCUT2D eigenvalue weighted by molar-refractivity contribution is 0.577. The van der Waals surface area contributed by atoms with E-state index < -0.39 is 20.2 Å². The third-order valence-corrected chi connectivity index (χ3v) is 4.90. The summed E-state index contributed by atoms with van der Waals surface area (Å²) in [5.74, 6) is 0. The summed E-state index contributed by atoms with van der Waals surface area (Å²) in [6.45, 7) is 3.32. The number of sulfonamides is 1. The maximum absolute atomic E-state index is 11.7. The molecule has 0 aromatic heterocycles. The highest BCUT2D eigenvalue weighted by molar-refractivity contribution is 8.03. The van der Waals surface area contributed by atoms with Crippen LogP contribution in [0.1, 0.15) is 11.1 Å². The minimum Gasteiger partial charge on any atom is -0.215 e. The highest BCUT2D eigenvalue weighted by Gasteiger charge is 2.21. The fraction of sp³-hybridized carbons (Fsp3) is 0.250. The number of benzene rings is 1. The predicted molar refractivity (Wildman–Crippen MR) is 59.3 cm³/mol. The van der Waals surface area contributed by atoms with Gasteiger partial charge in [-0.3, -0.25) is 0 Å². The van der Waals surface area contributed by atoms with Crippen LogP contribution in [0, 0.1) is 13.8 Å². The summed E-state index contributed by atoms with van der Waals surface area (Å²) in [6, 6.07) is 4.57. The van der Waals surface area contributed by atoms with Gasteiger partial charge in [0.15, 0.2) is 0 Å². The lowest BCUT2D eigenvalue weighted by atomic mass is 10.1. The quantitative estimate of drug-likeness (QED) is 0.787. The fourth-order valence-electron chi connectivity index (χ4n) is 1.21. The Morgan fingerprint density at radius 3 is 2.19 bits per heavy atom. The van der Waals surface area contributed by atoms with Crippen molar-refractivity contribution >= 4 is 20.2 Å². The van der Waals surface area contributed by atoms with E-state index in [1.807, 2.05) is 0 Å². The molecule has 0 saturated carbocycles. The minimum atomic E-state index is -4.30. The normalized spacial score (nSPS) is 12.7. The number of hydrogen-bond acceptors (Lipinski definition) is 4. The van der Waals surface area contributed by atoms with Crippen LogP contribution in [-0.4, -0.2) is 16.8 Å². The largest absolute Gasteiger partial charge is 0.287 e. The number of hydrogen-bond donors (Lipinski definition) is 2. The van der Waals surface area contributed by atoms with Crippen LogP contribution < -0.4 is 9.27 Å². The van der Waals surface area contributed by atoms with E-state index in [4.69, 9.17) is 0 Å². The van der Waals surface area contributed by atoms with E-state index in [0.29, 0.717) is 5.56 Å². The smallest absolute Gasteiger partial charge is 0.215 e. The first-order chi connectivity index (χ1) is 7.13. The summed E-state index contributed by atoms with van der Waals surface area (Å²) < 4.78 is 46.1. The average Bonchev–Trinajstić information content (AvgIpc) is 2.05. The molecule has 1 aromatic carbocycles. The van der Waals surface area contributed by atoms with E-state index in [-0.39, 0.29) is 4.90 Å². The predicted octanol–water partition coefficient (Wildman–Crippen LogP) is -0.215. The summed E-state index contributed by atoms with van der Waals surface area (Å²) in [6.07, 6.45) is 0. The maximum atomic E-state index is 11.7. The van der Waals surface area contributed by atoms with Gasteiger partial charge in [0.1, 0.15) is 0 Å². The van der Waals surface area contributed by atoms with Crippen molar-refractivity contribution in [2.75, 3.05) is 0 Å². The van der Waals surface area contributed by atoms with E-state index in [2.05, 4.69) is 5.14 Å². The lowest BCUT2D eigenvalue weighted by Gasteiger charge is -2.09. The van der Waals surface area contributed by atoms with Crippen molar-refractivity contribution < 1.29 is 16.8 Å². The van der Waals surface area contributed by atoms with E-state index in [1.54, 1.807) is 19.9 Å². The Balaban J connectivity index is 3.34. The average molecular weight is 264 g/mol. The topological polar surface area (TPSA) is 106 Å². The first-order valence-corrected chi connectivity index (χ1v) is 7.29. The number of aryl methyl sites for hydroxylation is 1. The van der Waals surface area contributed by atoms with Gasteiger partial charge in [0.05, 0.1) is 4.90 Å². The third-order valence-electron chi connectivity index (χ3n) is 2.07. The fourth-order valence-corrected chi connectivity index (χ4v) is 3.62. The Morgan fingerprint density at radius 1 is 1.12 bits per heavy atom. The van der Waals surface area contributed by atoms with Crippen molar-refractivity contribution in [3.8, 4) is 0 Å². The minimum absolute atomic E-state index is 0.0958. The van der Waals surface area contributed by atoms with Crippen molar-refractivity contribution in [2.24, 2.45) is 5.14 Å². The number of nitrogens with one attached hydrogen (secondary N) is 1. The molecular weight excluding hydrogens is 252 g/mol. The Kier molecular flexibility index (Phi) is 3.38. The summed E-state index contributed by atoms with van der Waals surface area (Å²) in [5, 5.41) is 4.63. The van der Waals surface area contributed by atoms with Gasteiger partial charge in [0.25, 0.3) is 20.2 Å². The van der Waals surface area contributed by atoms with Gasteiger partial charge >= 0.3 is 0 Å². The van der Waals surface area contributed by atoms with E-state index in [1.165, 1.54) is 16.3 Å². The third kappa shape index (κ3) is 3.01. The molecule has 1 rings (SSSR count). The second-order valence-electron chi connectivity index (χ2n) is 3.33. The molecule has 90 valence electrons. The van der Waals surface area contributed by atoms with Crippen LogP contribution in [0.4, 0.5) is 0 Å². The second kappa shape index (κ2) is 4.13. The van der Waals surface area contributed by atoms with Gasteiger partial charge in [0.2, 0.25) is 0 Å². The van der Waals surface area contributed by atoms with Gasteiger partial charge < -0.3 is 0 Å². The van der Waals surface area contributed by atoms with Gasteiger partial charge in [-0.2, -0.15) is 8.42 Å². The zero-order valence-corrected chi connectivity index (χ0v) is 10.4. The second-order valence-corrected chi connectivity index (χ2v) is 6.53. The summed E-state index contributed by atoms with van der Waals surface area (Å²) in [4.78, 5) is -0.0958. The molecular formula is C8H12N2O4S2. The molecule has 0 bridgehead atoms. The van der Waals surface area contributed by atoms with E-state index >= 15 is 0 Å². The molecule has 0 saturated heterocycles. The van der Waals surface area contributed by atoms with Gasteiger partial charge in [-0.1, -0.05) is 16.3 Å². The van der Waals surface area contributed by atoms with Gasteiger partial charge in [-0.05, 0) is 31.0 Å². The van der Waals surface area contributed by atoms with Crippen LogP contribution in [0.25, 0.3) is 0 Å². The number of nitrogens with two attached hydrogens (primary N) is 1. The van der Waals surface area contributed by atoms with Crippen molar-refractivity contribution in [2.45, 2.75) is 18.7 Å². The van der Waals surface area contributed by atoms with Crippen LogP contribution in [-0.2, 0) is 20.2 Å². The molecule has 0 radical (unpaired) electrons. The molecule has 8 heteroatoms. The summed E-state index contributed by atoms with van der Waals surface area (Å²) in [5.41, 5.74) is 1.23. The van der Waals surface area contributed by atoms with Gasteiger partial charge in [0, 0.05) is 0 Å². The standard InChI is InChI=1S/C8H12N2O4S2/c1-6-4-3-5-8(7(6)2)15(11,12)10-16(9,13)14/h3-5,10H,1-2H3,(H2,9,13,14). The van der Waals surface area contributed by atoms with Crippen LogP contribution in [0.2, 0.25) is 0 Å².